The molecule has 0 amide bonds. The number of nitrogen functional groups attached to an aromatic ring is 1. The molecule has 0 saturated carbocycles. The molecule has 0 unspecified atom stereocenters. The molecule has 1 heterocycles. The van der Waals surface area contributed by atoms with Gasteiger partial charge in [0.1, 0.15) is 5.82 Å². The van der Waals surface area contributed by atoms with E-state index in [4.69, 9.17) is 22.1 Å². The van der Waals surface area contributed by atoms with Crippen LogP contribution in [-0.4, -0.2) is 24.7 Å². The van der Waals surface area contributed by atoms with Crippen LogP contribution in [0.25, 0.3) is 0 Å². The normalized spacial score (nSPS) is 10.8. The van der Waals surface area contributed by atoms with Gasteiger partial charge in [-0.25, -0.2) is 4.98 Å². The van der Waals surface area contributed by atoms with Crippen molar-refractivity contribution in [1.29, 1.82) is 0 Å². The van der Waals surface area contributed by atoms with Crippen LogP contribution in [0.1, 0.15) is 13.8 Å². The van der Waals surface area contributed by atoms with E-state index in [0.29, 0.717) is 35.6 Å². The highest BCUT2D eigenvalue weighted by atomic mass is 35.5. The van der Waals surface area contributed by atoms with Gasteiger partial charge in [0, 0.05) is 13.2 Å². The molecule has 0 saturated heterocycles. The minimum Gasteiger partial charge on any atom is -0.397 e. The minimum atomic E-state index is 0.531. The van der Waals surface area contributed by atoms with Gasteiger partial charge in [-0.05, 0) is 12.0 Å². The number of pyridine rings is 1. The third-order valence-corrected chi connectivity index (χ3v) is 2.14. The van der Waals surface area contributed by atoms with Gasteiger partial charge in [-0.1, -0.05) is 25.4 Å². The van der Waals surface area contributed by atoms with Crippen LogP contribution >= 0.6 is 11.6 Å². The maximum Gasteiger partial charge on any atom is 0.144 e. The van der Waals surface area contributed by atoms with E-state index in [1.165, 1.54) is 0 Å². The van der Waals surface area contributed by atoms with E-state index in [1.807, 2.05) is 0 Å². The molecular weight excluding hydrogens is 226 g/mol. The van der Waals surface area contributed by atoms with Gasteiger partial charge in [0.05, 0.1) is 23.5 Å². The van der Waals surface area contributed by atoms with E-state index < -0.39 is 0 Å². The van der Waals surface area contributed by atoms with Crippen LogP contribution < -0.4 is 11.1 Å². The summed E-state index contributed by atoms with van der Waals surface area (Å²) in [7, 11) is 0. The highest BCUT2D eigenvalue weighted by Gasteiger charge is 2.01. The van der Waals surface area contributed by atoms with Crippen molar-refractivity contribution in [3.05, 3.63) is 17.3 Å². The monoisotopic (exact) mass is 243 g/mol. The van der Waals surface area contributed by atoms with Crippen molar-refractivity contribution >= 4 is 23.1 Å². The van der Waals surface area contributed by atoms with Gasteiger partial charge in [0.15, 0.2) is 0 Å². The third kappa shape index (κ3) is 4.68. The Hall–Kier alpha value is -1.00. The van der Waals surface area contributed by atoms with Crippen LogP contribution in [0.4, 0.5) is 11.5 Å². The summed E-state index contributed by atoms with van der Waals surface area (Å²) in [6.07, 6.45) is 1.57. The molecule has 90 valence electrons. The first-order valence-electron chi connectivity index (χ1n) is 5.32. The maximum atomic E-state index is 5.95. The van der Waals surface area contributed by atoms with Crippen molar-refractivity contribution in [3.63, 3.8) is 0 Å². The molecular formula is C11H18ClN3O. The molecule has 0 spiro atoms. The Labute approximate surface area is 101 Å². The predicted molar refractivity (Wildman–Crippen MR) is 67.8 cm³/mol. The van der Waals surface area contributed by atoms with E-state index in [9.17, 15) is 0 Å². The average Bonchev–Trinajstić information content (AvgIpc) is 2.20. The molecule has 0 atom stereocenters. The smallest absolute Gasteiger partial charge is 0.144 e. The number of halogens is 1. The predicted octanol–water partition coefficient (Wildman–Crippen LogP) is 2.40. The number of anilines is 2. The second kappa shape index (κ2) is 6.55. The highest BCUT2D eigenvalue weighted by molar-refractivity contribution is 6.33. The lowest BCUT2D eigenvalue weighted by molar-refractivity contribution is 0.118. The molecule has 0 aromatic carbocycles. The van der Waals surface area contributed by atoms with Gasteiger partial charge in [-0.15, -0.1) is 0 Å². The molecule has 4 nitrogen and oxygen atoms in total. The number of ether oxygens (including phenoxy) is 1. The Morgan fingerprint density at radius 3 is 2.94 bits per heavy atom. The summed E-state index contributed by atoms with van der Waals surface area (Å²) >= 11 is 5.95. The first-order chi connectivity index (χ1) is 7.59. The number of rotatable bonds is 6. The molecule has 1 rings (SSSR count). The standard InChI is InChI=1S/C11H18ClN3O/c1-8(2)7-16-4-3-14-11-10(12)5-9(13)6-15-11/h5-6,8H,3-4,7,13H2,1-2H3,(H,14,15). The summed E-state index contributed by atoms with van der Waals surface area (Å²) in [4.78, 5) is 4.09. The molecule has 0 fully saturated rings. The van der Waals surface area contributed by atoms with Crippen LogP contribution in [0.3, 0.4) is 0 Å². The topological polar surface area (TPSA) is 60.2 Å². The number of nitrogens with two attached hydrogens (primary N) is 1. The molecule has 0 aliphatic carbocycles. The summed E-state index contributed by atoms with van der Waals surface area (Å²) in [6, 6.07) is 1.67. The Morgan fingerprint density at radius 1 is 1.56 bits per heavy atom. The zero-order valence-electron chi connectivity index (χ0n) is 9.66. The van der Waals surface area contributed by atoms with Gasteiger partial charge < -0.3 is 15.8 Å². The van der Waals surface area contributed by atoms with Crippen LogP contribution in [0.2, 0.25) is 5.02 Å². The van der Waals surface area contributed by atoms with E-state index in [-0.39, 0.29) is 0 Å². The van der Waals surface area contributed by atoms with Gasteiger partial charge in [-0.2, -0.15) is 0 Å². The van der Waals surface area contributed by atoms with E-state index in [0.717, 1.165) is 6.61 Å². The van der Waals surface area contributed by atoms with Gasteiger partial charge >= 0.3 is 0 Å². The lowest BCUT2D eigenvalue weighted by Crippen LogP contribution is -2.13. The van der Waals surface area contributed by atoms with Crippen LogP contribution in [0.15, 0.2) is 12.3 Å². The third-order valence-electron chi connectivity index (χ3n) is 1.85. The number of nitrogens with zero attached hydrogens (tertiary/aromatic N) is 1. The summed E-state index contributed by atoms with van der Waals surface area (Å²) in [6.45, 7) is 6.33. The zero-order valence-corrected chi connectivity index (χ0v) is 10.4. The molecule has 1 aromatic rings. The number of aromatic nitrogens is 1. The molecule has 16 heavy (non-hydrogen) atoms. The summed E-state index contributed by atoms with van der Waals surface area (Å²) in [5.74, 6) is 1.20. The summed E-state index contributed by atoms with van der Waals surface area (Å²) in [5, 5.41) is 3.62. The lowest BCUT2D eigenvalue weighted by atomic mass is 10.2. The van der Waals surface area contributed by atoms with Gasteiger partial charge in [0.2, 0.25) is 0 Å². The average molecular weight is 244 g/mol. The fourth-order valence-electron chi connectivity index (χ4n) is 1.14. The zero-order chi connectivity index (χ0) is 12.0. The SMILES string of the molecule is CC(C)COCCNc1ncc(N)cc1Cl. The molecule has 0 bridgehead atoms. The van der Waals surface area contributed by atoms with Crippen molar-refractivity contribution in [3.8, 4) is 0 Å². The number of hydrogen-bond donors (Lipinski definition) is 2. The largest absolute Gasteiger partial charge is 0.397 e. The van der Waals surface area contributed by atoms with Crippen molar-refractivity contribution in [2.45, 2.75) is 13.8 Å². The lowest BCUT2D eigenvalue weighted by Gasteiger charge is -2.09. The first kappa shape index (κ1) is 13.1. The maximum absolute atomic E-state index is 5.95. The summed E-state index contributed by atoms with van der Waals surface area (Å²) < 4.78 is 5.42. The second-order valence-corrected chi connectivity index (χ2v) is 4.40. The van der Waals surface area contributed by atoms with Gasteiger partial charge in [-0.3, -0.25) is 0 Å². The van der Waals surface area contributed by atoms with Crippen molar-refractivity contribution in [2.24, 2.45) is 5.92 Å². The number of hydrogen-bond acceptors (Lipinski definition) is 4. The Morgan fingerprint density at radius 2 is 2.31 bits per heavy atom. The molecule has 0 radical (unpaired) electrons. The van der Waals surface area contributed by atoms with E-state index >= 15 is 0 Å². The molecule has 0 aliphatic rings. The quantitative estimate of drug-likeness (QED) is 0.754. The van der Waals surface area contributed by atoms with Gasteiger partial charge in [0.25, 0.3) is 0 Å². The van der Waals surface area contributed by atoms with Crippen molar-refractivity contribution in [2.75, 3.05) is 30.8 Å². The molecule has 5 heteroatoms. The Balaban J connectivity index is 2.27. The summed E-state index contributed by atoms with van der Waals surface area (Å²) in [5.41, 5.74) is 6.10. The molecule has 3 N–H and O–H groups in total. The first-order valence-corrected chi connectivity index (χ1v) is 5.70. The van der Waals surface area contributed by atoms with Crippen molar-refractivity contribution < 1.29 is 4.74 Å². The van der Waals surface area contributed by atoms with Crippen molar-refractivity contribution in [1.82, 2.24) is 4.98 Å². The van der Waals surface area contributed by atoms with Crippen LogP contribution in [-0.2, 0) is 4.74 Å². The highest BCUT2D eigenvalue weighted by Crippen LogP contribution is 2.20. The van der Waals surface area contributed by atoms with Crippen LogP contribution in [0.5, 0.6) is 0 Å². The minimum absolute atomic E-state index is 0.531. The Kier molecular flexibility index (Phi) is 5.35. The molecule has 0 aliphatic heterocycles. The Bertz CT molecular complexity index is 331. The second-order valence-electron chi connectivity index (χ2n) is 3.99. The van der Waals surface area contributed by atoms with E-state index in [2.05, 4.69) is 24.1 Å². The molecule has 1 aromatic heterocycles. The van der Waals surface area contributed by atoms with E-state index in [1.54, 1.807) is 12.3 Å². The fraction of sp³-hybridized carbons (Fsp3) is 0.545. The van der Waals surface area contributed by atoms with Crippen LogP contribution in [0, 0.1) is 5.92 Å². The fourth-order valence-corrected chi connectivity index (χ4v) is 1.39. The number of nitrogens with one attached hydrogen (secondary N) is 1.